The Morgan fingerprint density at radius 2 is 2.12 bits per heavy atom. The first kappa shape index (κ1) is 12.6. The lowest BCUT2D eigenvalue weighted by molar-refractivity contribution is 0.0615. The van der Waals surface area contributed by atoms with Crippen LogP contribution in [0.1, 0.15) is 11.1 Å². The minimum absolute atomic E-state index is 0.155. The number of nitrogen functional groups attached to an aromatic ring is 1. The molecular formula is C11H15FN2O2. The van der Waals surface area contributed by atoms with E-state index in [1.165, 1.54) is 12.1 Å². The van der Waals surface area contributed by atoms with Gasteiger partial charge in [-0.2, -0.15) is 0 Å². The molecular weight excluding hydrogens is 211 g/mol. The van der Waals surface area contributed by atoms with Gasteiger partial charge < -0.3 is 15.2 Å². The van der Waals surface area contributed by atoms with Gasteiger partial charge in [0.15, 0.2) is 0 Å². The van der Waals surface area contributed by atoms with Crippen molar-refractivity contribution in [3.8, 4) is 0 Å². The van der Waals surface area contributed by atoms with Gasteiger partial charge in [0.2, 0.25) is 0 Å². The van der Waals surface area contributed by atoms with Crippen LogP contribution in [0.25, 0.3) is 0 Å². The predicted octanol–water partition coefficient (Wildman–Crippen LogP) is 1.27. The topological polar surface area (TPSA) is 68.3 Å². The van der Waals surface area contributed by atoms with Gasteiger partial charge in [-0.15, -0.1) is 0 Å². The average Bonchev–Trinajstić information content (AvgIpc) is 2.23. The Hall–Kier alpha value is -1.46. The summed E-state index contributed by atoms with van der Waals surface area (Å²) in [5, 5.41) is 7.22. The molecule has 0 unspecified atom stereocenters. The fourth-order valence-electron chi connectivity index (χ4n) is 1.22. The standard InChI is InChI=1S/C11H15FN2O2/c1-15-2-3-16-7-8-4-9(11(13)14)6-10(12)5-8/h4-6H,2-3,7H2,1H3,(H3,13,14). The smallest absolute Gasteiger partial charge is 0.124 e. The molecule has 0 saturated heterocycles. The first-order valence-corrected chi connectivity index (χ1v) is 4.84. The molecule has 0 saturated carbocycles. The van der Waals surface area contributed by atoms with Crippen LogP contribution in [0.4, 0.5) is 4.39 Å². The van der Waals surface area contributed by atoms with E-state index in [9.17, 15) is 4.39 Å². The van der Waals surface area contributed by atoms with E-state index < -0.39 is 5.82 Å². The summed E-state index contributed by atoms with van der Waals surface area (Å²) in [6.07, 6.45) is 0. The highest BCUT2D eigenvalue weighted by atomic mass is 19.1. The second kappa shape index (κ2) is 6.19. The molecule has 0 radical (unpaired) electrons. The number of benzene rings is 1. The maximum Gasteiger partial charge on any atom is 0.124 e. The van der Waals surface area contributed by atoms with Crippen molar-refractivity contribution in [2.24, 2.45) is 5.73 Å². The molecule has 1 rings (SSSR count). The zero-order chi connectivity index (χ0) is 12.0. The van der Waals surface area contributed by atoms with Crippen LogP contribution in [0.15, 0.2) is 18.2 Å². The highest BCUT2D eigenvalue weighted by Crippen LogP contribution is 2.10. The van der Waals surface area contributed by atoms with Gasteiger partial charge in [-0.25, -0.2) is 4.39 Å². The minimum Gasteiger partial charge on any atom is -0.384 e. The maximum absolute atomic E-state index is 13.1. The van der Waals surface area contributed by atoms with Crippen molar-refractivity contribution in [3.63, 3.8) is 0 Å². The van der Waals surface area contributed by atoms with E-state index in [1.54, 1.807) is 13.2 Å². The van der Waals surface area contributed by atoms with Gasteiger partial charge in [0, 0.05) is 12.7 Å². The Morgan fingerprint density at radius 3 is 2.75 bits per heavy atom. The molecule has 3 N–H and O–H groups in total. The van der Waals surface area contributed by atoms with Crippen molar-refractivity contribution in [1.82, 2.24) is 0 Å². The molecule has 0 aromatic heterocycles. The lowest BCUT2D eigenvalue weighted by Gasteiger charge is -2.06. The average molecular weight is 226 g/mol. The van der Waals surface area contributed by atoms with Gasteiger partial charge in [-0.3, -0.25) is 5.41 Å². The largest absolute Gasteiger partial charge is 0.384 e. The third kappa shape index (κ3) is 3.96. The van der Waals surface area contributed by atoms with Crippen LogP contribution in [0.5, 0.6) is 0 Å². The SMILES string of the molecule is COCCOCc1cc(F)cc(C(=N)N)c1. The molecule has 4 nitrogen and oxygen atoms in total. The second-order valence-corrected chi connectivity index (χ2v) is 3.31. The molecule has 88 valence electrons. The summed E-state index contributed by atoms with van der Waals surface area (Å²) in [6, 6.07) is 4.22. The highest BCUT2D eigenvalue weighted by Gasteiger charge is 2.03. The van der Waals surface area contributed by atoms with Crippen molar-refractivity contribution < 1.29 is 13.9 Å². The number of methoxy groups -OCH3 is 1. The second-order valence-electron chi connectivity index (χ2n) is 3.31. The molecule has 0 aliphatic carbocycles. The third-order valence-corrected chi connectivity index (χ3v) is 1.97. The van der Waals surface area contributed by atoms with Crippen LogP contribution < -0.4 is 5.73 Å². The van der Waals surface area contributed by atoms with Crippen LogP contribution in [0.2, 0.25) is 0 Å². The summed E-state index contributed by atoms with van der Waals surface area (Å²) in [7, 11) is 1.58. The molecule has 0 bridgehead atoms. The summed E-state index contributed by atoms with van der Waals surface area (Å²) in [4.78, 5) is 0. The molecule has 0 atom stereocenters. The molecule has 0 amide bonds. The molecule has 1 aromatic rings. The van der Waals surface area contributed by atoms with Gasteiger partial charge in [-0.05, 0) is 23.8 Å². The van der Waals surface area contributed by atoms with E-state index in [0.717, 1.165) is 0 Å². The Balaban J connectivity index is 2.62. The number of nitrogens with two attached hydrogens (primary N) is 1. The van der Waals surface area contributed by atoms with Crippen LogP contribution in [-0.2, 0) is 16.1 Å². The normalized spacial score (nSPS) is 10.4. The number of ether oxygens (including phenoxy) is 2. The quantitative estimate of drug-likeness (QED) is 0.436. The minimum atomic E-state index is -0.418. The number of amidine groups is 1. The van der Waals surface area contributed by atoms with Crippen LogP contribution >= 0.6 is 0 Å². The van der Waals surface area contributed by atoms with E-state index in [2.05, 4.69) is 0 Å². The van der Waals surface area contributed by atoms with E-state index in [1.807, 2.05) is 0 Å². The van der Waals surface area contributed by atoms with Gasteiger partial charge in [-0.1, -0.05) is 0 Å². The third-order valence-electron chi connectivity index (χ3n) is 1.97. The summed E-state index contributed by atoms with van der Waals surface area (Å²) in [6.45, 7) is 1.22. The lowest BCUT2D eigenvalue weighted by atomic mass is 10.1. The van der Waals surface area contributed by atoms with Gasteiger partial charge >= 0.3 is 0 Å². The van der Waals surface area contributed by atoms with Crippen molar-refractivity contribution in [3.05, 3.63) is 35.1 Å². The molecule has 0 fully saturated rings. The van der Waals surface area contributed by atoms with Crippen LogP contribution in [0, 0.1) is 11.2 Å². The molecule has 16 heavy (non-hydrogen) atoms. The number of hydrogen-bond acceptors (Lipinski definition) is 3. The molecule has 0 spiro atoms. The first-order chi connectivity index (χ1) is 7.63. The van der Waals surface area contributed by atoms with E-state index in [4.69, 9.17) is 20.6 Å². The van der Waals surface area contributed by atoms with E-state index >= 15 is 0 Å². The summed E-state index contributed by atoms with van der Waals surface area (Å²) in [5.41, 5.74) is 6.30. The van der Waals surface area contributed by atoms with Crippen molar-refractivity contribution >= 4 is 5.84 Å². The number of nitrogens with one attached hydrogen (secondary N) is 1. The zero-order valence-electron chi connectivity index (χ0n) is 9.13. The Kier molecular flexibility index (Phi) is 4.88. The number of halogens is 1. The molecule has 0 heterocycles. The van der Waals surface area contributed by atoms with Crippen LogP contribution in [0.3, 0.4) is 0 Å². The van der Waals surface area contributed by atoms with Crippen molar-refractivity contribution in [2.45, 2.75) is 6.61 Å². The van der Waals surface area contributed by atoms with E-state index in [-0.39, 0.29) is 12.4 Å². The zero-order valence-corrected chi connectivity index (χ0v) is 9.13. The van der Waals surface area contributed by atoms with Crippen LogP contribution in [-0.4, -0.2) is 26.2 Å². The molecule has 0 aliphatic heterocycles. The number of hydrogen-bond donors (Lipinski definition) is 2. The summed E-state index contributed by atoms with van der Waals surface area (Å²) >= 11 is 0. The summed E-state index contributed by atoms with van der Waals surface area (Å²) < 4.78 is 23.2. The molecule has 1 aromatic carbocycles. The lowest BCUT2D eigenvalue weighted by Crippen LogP contribution is -2.12. The Labute approximate surface area is 93.7 Å². The highest BCUT2D eigenvalue weighted by molar-refractivity contribution is 5.95. The molecule has 0 aliphatic rings. The Morgan fingerprint density at radius 1 is 1.38 bits per heavy atom. The van der Waals surface area contributed by atoms with Crippen molar-refractivity contribution in [1.29, 1.82) is 5.41 Å². The fourth-order valence-corrected chi connectivity index (χ4v) is 1.22. The number of rotatable bonds is 6. The van der Waals surface area contributed by atoms with Gasteiger partial charge in [0.05, 0.1) is 19.8 Å². The van der Waals surface area contributed by atoms with E-state index in [0.29, 0.717) is 24.3 Å². The van der Waals surface area contributed by atoms with Gasteiger partial charge in [0.25, 0.3) is 0 Å². The molecule has 5 heteroatoms. The Bertz CT molecular complexity index is 369. The van der Waals surface area contributed by atoms with Crippen molar-refractivity contribution in [2.75, 3.05) is 20.3 Å². The monoisotopic (exact) mass is 226 g/mol. The van der Waals surface area contributed by atoms with Gasteiger partial charge in [0.1, 0.15) is 11.7 Å². The predicted molar refractivity (Wildman–Crippen MR) is 58.9 cm³/mol. The fraction of sp³-hybridized carbons (Fsp3) is 0.364. The summed E-state index contributed by atoms with van der Waals surface area (Å²) in [5.74, 6) is -0.573. The maximum atomic E-state index is 13.1. The first-order valence-electron chi connectivity index (χ1n) is 4.84.